The van der Waals surface area contributed by atoms with Gasteiger partial charge in [-0.25, -0.2) is 4.79 Å². The molecule has 0 saturated carbocycles. The molecule has 0 aromatic rings. The highest BCUT2D eigenvalue weighted by Gasteiger charge is 2.33. The zero-order valence-electron chi connectivity index (χ0n) is 36.7. The van der Waals surface area contributed by atoms with Gasteiger partial charge in [0.25, 0.3) is 5.91 Å². The highest BCUT2D eigenvalue weighted by atomic mass is 32.1. The molecule has 5 atom stereocenters. The molecule has 0 aromatic heterocycles. The average molecular weight is 774 g/mol. The summed E-state index contributed by atoms with van der Waals surface area (Å²) < 4.78 is 1.80. The number of thiol groups is 1. The van der Waals surface area contributed by atoms with Crippen LogP contribution in [0.4, 0.5) is 4.79 Å². The number of hydrogen-bond donors (Lipinski definition) is 6. The molecule has 314 valence electrons. The van der Waals surface area contributed by atoms with Crippen LogP contribution < -0.4 is 26.6 Å². The van der Waals surface area contributed by atoms with Crippen molar-refractivity contribution in [2.24, 2.45) is 16.7 Å². The van der Waals surface area contributed by atoms with Gasteiger partial charge in [-0.05, 0) is 56.7 Å². The van der Waals surface area contributed by atoms with E-state index in [2.05, 4.69) is 80.6 Å². The molecule has 0 bridgehead atoms. The monoisotopic (exact) mass is 774 g/mol. The minimum absolute atomic E-state index is 0.0556. The number of rotatable bonds is 17. The summed E-state index contributed by atoms with van der Waals surface area (Å²) in [7, 11) is 3.79. The van der Waals surface area contributed by atoms with Gasteiger partial charge in [-0.2, -0.15) is 0 Å². The lowest BCUT2D eigenvalue weighted by Gasteiger charge is -2.33. The van der Waals surface area contributed by atoms with Gasteiger partial charge < -0.3 is 31.4 Å². The molecule has 12 nitrogen and oxygen atoms in total. The van der Waals surface area contributed by atoms with Crippen molar-refractivity contribution < 1.29 is 24.0 Å². The molecule has 1 fully saturated rings. The van der Waals surface area contributed by atoms with Crippen LogP contribution in [0.5, 0.6) is 0 Å². The van der Waals surface area contributed by atoms with Gasteiger partial charge in [-0.1, -0.05) is 129 Å². The topological polar surface area (TPSA) is 152 Å². The zero-order valence-corrected chi connectivity index (χ0v) is 37.6. The van der Waals surface area contributed by atoms with Crippen molar-refractivity contribution in [3.8, 4) is 0 Å². The molecule has 5 N–H and O–H groups in total. The molecule has 0 aromatic carbocycles. The molecule has 1 heterocycles. The molecule has 0 spiro atoms. The Morgan fingerprint density at radius 2 is 1.51 bits per heavy atom. The number of carbonyl (C=O) groups excluding carboxylic acids is 5. The predicted octanol–water partition coefficient (Wildman–Crippen LogP) is 6.02. The van der Waals surface area contributed by atoms with Crippen molar-refractivity contribution in [2.45, 2.75) is 153 Å². The van der Waals surface area contributed by atoms with Gasteiger partial charge in [0.2, 0.25) is 11.7 Å². The summed E-state index contributed by atoms with van der Waals surface area (Å²) >= 11 is 4.19. The van der Waals surface area contributed by atoms with E-state index in [4.69, 9.17) is 0 Å². The van der Waals surface area contributed by atoms with Gasteiger partial charge >= 0.3 is 6.03 Å². The predicted molar refractivity (Wildman–Crippen MR) is 227 cm³/mol. The first-order chi connectivity index (χ1) is 24.7. The Balaban J connectivity index is -0.000000387. The number of nitrogens with one attached hydrogen (secondary N) is 5. The third kappa shape index (κ3) is 28.6. The lowest BCUT2D eigenvalue weighted by atomic mass is 9.86. The third-order valence-electron chi connectivity index (χ3n) is 8.09. The Hall–Kier alpha value is -2.48. The van der Waals surface area contributed by atoms with E-state index in [0.29, 0.717) is 13.0 Å². The van der Waals surface area contributed by atoms with Gasteiger partial charge in [0, 0.05) is 32.2 Å². The Bertz CT molecular complexity index is 999. The molecular weight excluding hydrogens is 691 g/mol. The highest BCUT2D eigenvalue weighted by molar-refractivity contribution is 7.77. The third-order valence-corrected chi connectivity index (χ3v) is 8.29. The molecule has 0 radical (unpaired) electrons. The number of likely N-dealkylation sites (tertiary alicyclic amines) is 1. The maximum absolute atomic E-state index is 12.4. The number of ketones is 1. The van der Waals surface area contributed by atoms with Crippen LogP contribution in [0.1, 0.15) is 129 Å². The molecule has 1 aliphatic rings. The van der Waals surface area contributed by atoms with Crippen molar-refractivity contribution in [3.63, 3.8) is 0 Å². The van der Waals surface area contributed by atoms with Crippen LogP contribution in [0.15, 0.2) is 12.7 Å². The van der Waals surface area contributed by atoms with E-state index in [0.717, 1.165) is 45.2 Å². The van der Waals surface area contributed by atoms with Crippen molar-refractivity contribution >= 4 is 42.7 Å². The largest absolute Gasteiger partial charge is 0.346 e. The minimum atomic E-state index is -0.767. The van der Waals surface area contributed by atoms with Crippen molar-refractivity contribution in [2.75, 3.05) is 46.8 Å². The Morgan fingerprint density at radius 1 is 0.962 bits per heavy atom. The van der Waals surface area contributed by atoms with Gasteiger partial charge in [0.1, 0.15) is 6.29 Å². The standard InChI is InChI=1S/C17H29N3O3.C16H34N4O2S.C3H8.2C2H6/c1-5-9-18-17(23)15(21)13(11-12(3)6-2)19-16(22)14-8-7-10-20(14)4;1-15(2,3)12(10-17-8-9-20(7)23)18-14(22)19-13(11-21)16(4,5)6;1-3-2;2*1-2/h5,12-14H,1,6-11H2,2-4H3,(H,18,23)(H,19,22);11-13,17,23H,8-10H2,1-7H3,(H2,18,19,22);3H2,1-2H3;2*1-2H3. The summed E-state index contributed by atoms with van der Waals surface area (Å²) in [6.45, 7) is 35.1. The number of amides is 4. The Morgan fingerprint density at radius 3 is 1.91 bits per heavy atom. The number of aldehydes is 1. The van der Waals surface area contributed by atoms with Gasteiger partial charge in [0.05, 0.1) is 18.1 Å². The van der Waals surface area contributed by atoms with Crippen LogP contribution in [-0.2, 0) is 19.2 Å². The maximum Gasteiger partial charge on any atom is 0.315 e. The van der Waals surface area contributed by atoms with E-state index in [1.165, 1.54) is 12.5 Å². The molecule has 5 unspecified atom stereocenters. The summed E-state index contributed by atoms with van der Waals surface area (Å²) in [6, 6.07) is -1.87. The molecule has 53 heavy (non-hydrogen) atoms. The summed E-state index contributed by atoms with van der Waals surface area (Å²) in [4.78, 5) is 62.1. The number of Topliss-reactive ketones (excluding diaryl/α,β-unsaturated/α-hetero) is 1. The first-order valence-electron chi connectivity index (χ1n) is 19.8. The lowest BCUT2D eigenvalue weighted by molar-refractivity contribution is -0.140. The number of urea groups is 1. The number of likely N-dealkylation sites (N-methyl/N-ethyl adjacent to an activating group) is 2. The van der Waals surface area contributed by atoms with Crippen molar-refractivity contribution in [1.29, 1.82) is 0 Å². The van der Waals surface area contributed by atoms with E-state index in [1.807, 2.05) is 81.3 Å². The summed E-state index contributed by atoms with van der Waals surface area (Å²) in [5.41, 5.74) is -0.415. The fourth-order valence-electron chi connectivity index (χ4n) is 4.58. The second-order valence-corrected chi connectivity index (χ2v) is 15.8. The fraction of sp³-hybridized carbons (Fsp3) is 0.825. The van der Waals surface area contributed by atoms with Gasteiger partial charge in [-0.3, -0.25) is 23.6 Å². The van der Waals surface area contributed by atoms with E-state index in [-0.39, 0.29) is 47.3 Å². The molecule has 1 aliphatic heterocycles. The summed E-state index contributed by atoms with van der Waals surface area (Å²) in [5.74, 6) is -1.17. The highest BCUT2D eigenvalue weighted by Crippen LogP contribution is 2.20. The molecule has 1 rings (SSSR count). The minimum Gasteiger partial charge on any atom is -0.346 e. The molecular formula is C40H83N7O5S. The second kappa shape index (κ2) is 32.9. The van der Waals surface area contributed by atoms with Crippen LogP contribution >= 0.6 is 12.8 Å². The number of carbonyl (C=O) groups is 5. The normalized spacial score (nSPS) is 16.1. The summed E-state index contributed by atoms with van der Waals surface area (Å²) in [5, 5.41) is 14.3. The van der Waals surface area contributed by atoms with Crippen LogP contribution in [0.2, 0.25) is 0 Å². The average Bonchev–Trinajstić information content (AvgIpc) is 3.53. The van der Waals surface area contributed by atoms with Crippen LogP contribution in [0.3, 0.4) is 0 Å². The molecule has 4 amide bonds. The van der Waals surface area contributed by atoms with Crippen molar-refractivity contribution in [3.05, 3.63) is 12.7 Å². The summed E-state index contributed by atoms with van der Waals surface area (Å²) in [6.07, 6.45) is 6.66. The van der Waals surface area contributed by atoms with Crippen LogP contribution in [0, 0.1) is 16.7 Å². The first-order valence-corrected chi connectivity index (χ1v) is 20.2. The number of hydrogen-bond acceptors (Lipinski definition) is 9. The molecule has 13 heteroatoms. The number of nitrogens with zero attached hydrogens (tertiary/aromatic N) is 2. The van der Waals surface area contributed by atoms with Crippen LogP contribution in [-0.4, -0.2) is 110 Å². The maximum atomic E-state index is 12.4. The van der Waals surface area contributed by atoms with E-state index in [1.54, 1.807) is 4.31 Å². The SMILES string of the molecule is C=CCNC(=O)C(=O)C(CC(C)CC)NC(=O)C1CCCN1C.CC.CC.CCC.CN(S)CCNCC(NC(=O)NC(C=O)C(C)(C)C)C(C)(C)C. The van der Waals surface area contributed by atoms with E-state index >= 15 is 0 Å². The van der Waals surface area contributed by atoms with Gasteiger partial charge in [0.15, 0.2) is 0 Å². The molecule has 0 aliphatic carbocycles. The van der Waals surface area contributed by atoms with Crippen LogP contribution in [0.25, 0.3) is 0 Å². The van der Waals surface area contributed by atoms with E-state index in [9.17, 15) is 24.0 Å². The Kier molecular flexibility index (Phi) is 35.5. The van der Waals surface area contributed by atoms with Gasteiger partial charge in [-0.15, -0.1) is 6.58 Å². The first kappa shape index (κ1) is 57.2. The second-order valence-electron chi connectivity index (χ2n) is 15.1. The quantitative estimate of drug-likeness (QED) is 0.0345. The zero-order chi connectivity index (χ0) is 42.4. The Labute approximate surface area is 331 Å². The lowest BCUT2D eigenvalue weighted by Crippen LogP contribution is -2.56. The molecule has 1 saturated heterocycles. The fourth-order valence-corrected chi connectivity index (χ4v) is 4.68. The smallest absolute Gasteiger partial charge is 0.315 e. The van der Waals surface area contributed by atoms with Crippen molar-refractivity contribution in [1.82, 2.24) is 35.8 Å². The van der Waals surface area contributed by atoms with E-state index < -0.39 is 23.8 Å².